The zero-order valence-electron chi connectivity index (χ0n) is 11.7. The Morgan fingerprint density at radius 2 is 1.77 bits per heavy atom. The van der Waals surface area contributed by atoms with E-state index in [1.807, 2.05) is 0 Å². The molecule has 2 rings (SSSR count). The van der Waals surface area contributed by atoms with Crippen molar-refractivity contribution in [2.45, 2.75) is 6.92 Å². The summed E-state index contributed by atoms with van der Waals surface area (Å²) in [6, 6.07) is 11.6. The number of halogens is 1. The lowest BCUT2D eigenvalue weighted by molar-refractivity contribution is -0.131. The van der Waals surface area contributed by atoms with E-state index in [1.54, 1.807) is 37.3 Å². The number of rotatable bonds is 4. The van der Waals surface area contributed by atoms with E-state index in [0.717, 1.165) is 6.08 Å². The SMILES string of the molecule is C/C(=C\C(=O)O)c1ccc(Cl)c(-c2cccc(C(=O)O)c2)c1. The van der Waals surface area contributed by atoms with Gasteiger partial charge < -0.3 is 10.2 Å². The first kappa shape index (κ1) is 15.8. The monoisotopic (exact) mass is 316 g/mol. The zero-order chi connectivity index (χ0) is 16.3. The fourth-order valence-corrected chi connectivity index (χ4v) is 2.31. The van der Waals surface area contributed by atoms with E-state index >= 15 is 0 Å². The molecule has 0 spiro atoms. The third kappa shape index (κ3) is 3.54. The van der Waals surface area contributed by atoms with Crippen molar-refractivity contribution in [3.8, 4) is 11.1 Å². The Kier molecular flexibility index (Phi) is 4.63. The van der Waals surface area contributed by atoms with E-state index in [-0.39, 0.29) is 5.56 Å². The summed E-state index contributed by atoms with van der Waals surface area (Å²) >= 11 is 6.19. The minimum atomic E-state index is -1.03. The number of carbonyl (C=O) groups is 2. The number of allylic oxidation sites excluding steroid dienone is 1. The van der Waals surface area contributed by atoms with E-state index in [9.17, 15) is 9.59 Å². The van der Waals surface area contributed by atoms with Crippen molar-refractivity contribution < 1.29 is 19.8 Å². The van der Waals surface area contributed by atoms with Crippen molar-refractivity contribution in [2.75, 3.05) is 0 Å². The fourth-order valence-electron chi connectivity index (χ4n) is 2.08. The van der Waals surface area contributed by atoms with Gasteiger partial charge in [0, 0.05) is 16.7 Å². The summed E-state index contributed by atoms with van der Waals surface area (Å²) in [5.74, 6) is -2.04. The molecule has 0 aromatic heterocycles. The average Bonchev–Trinajstić information content (AvgIpc) is 2.47. The van der Waals surface area contributed by atoms with Crippen LogP contribution in [0.15, 0.2) is 48.5 Å². The molecule has 0 radical (unpaired) electrons. The molecule has 0 aliphatic heterocycles. The van der Waals surface area contributed by atoms with Gasteiger partial charge in [0.15, 0.2) is 0 Å². The number of carboxylic acids is 2. The van der Waals surface area contributed by atoms with Crippen LogP contribution in [-0.2, 0) is 4.79 Å². The van der Waals surface area contributed by atoms with E-state index in [4.69, 9.17) is 21.8 Å². The summed E-state index contributed by atoms with van der Waals surface area (Å²) < 4.78 is 0. The standard InChI is InChI=1S/C17H13ClO4/c1-10(7-16(19)20)11-5-6-15(18)14(9-11)12-3-2-4-13(8-12)17(21)22/h2-9H,1H3,(H,19,20)(H,21,22)/b10-7+. The number of aliphatic carboxylic acids is 1. The van der Waals surface area contributed by atoms with Gasteiger partial charge in [-0.05, 0) is 47.9 Å². The topological polar surface area (TPSA) is 74.6 Å². The van der Waals surface area contributed by atoms with Crippen molar-refractivity contribution in [1.82, 2.24) is 0 Å². The van der Waals surface area contributed by atoms with Gasteiger partial charge >= 0.3 is 11.9 Å². The van der Waals surface area contributed by atoms with Crippen molar-refractivity contribution in [1.29, 1.82) is 0 Å². The molecule has 0 fully saturated rings. The molecule has 0 atom stereocenters. The Balaban J connectivity index is 2.54. The molecule has 0 unspecified atom stereocenters. The summed E-state index contributed by atoms with van der Waals surface area (Å²) in [7, 11) is 0. The second kappa shape index (κ2) is 6.45. The van der Waals surface area contributed by atoms with Crippen LogP contribution in [0, 0.1) is 0 Å². The molecule has 0 saturated heterocycles. The van der Waals surface area contributed by atoms with Crippen LogP contribution in [0.25, 0.3) is 16.7 Å². The molecule has 0 saturated carbocycles. The molecule has 112 valence electrons. The van der Waals surface area contributed by atoms with Gasteiger partial charge in [-0.1, -0.05) is 29.8 Å². The van der Waals surface area contributed by atoms with E-state index < -0.39 is 11.9 Å². The minimum absolute atomic E-state index is 0.164. The molecule has 2 aromatic rings. The zero-order valence-corrected chi connectivity index (χ0v) is 12.5. The van der Waals surface area contributed by atoms with Crippen LogP contribution < -0.4 is 0 Å². The maximum atomic E-state index is 11.1. The molecular formula is C17H13ClO4. The highest BCUT2D eigenvalue weighted by Gasteiger charge is 2.09. The summed E-state index contributed by atoms with van der Waals surface area (Å²) in [4.78, 5) is 21.8. The van der Waals surface area contributed by atoms with Gasteiger partial charge in [-0.25, -0.2) is 9.59 Å². The highest BCUT2D eigenvalue weighted by Crippen LogP contribution is 2.31. The third-order valence-electron chi connectivity index (χ3n) is 3.18. The van der Waals surface area contributed by atoms with Crippen LogP contribution in [0.4, 0.5) is 0 Å². The van der Waals surface area contributed by atoms with Gasteiger partial charge in [-0.15, -0.1) is 0 Å². The van der Waals surface area contributed by atoms with Crippen LogP contribution in [0.2, 0.25) is 5.02 Å². The Labute approximate surface area is 132 Å². The van der Waals surface area contributed by atoms with Crippen molar-refractivity contribution in [3.05, 3.63) is 64.7 Å². The predicted molar refractivity (Wildman–Crippen MR) is 85.1 cm³/mol. The molecule has 2 N–H and O–H groups in total. The number of benzene rings is 2. The Morgan fingerprint density at radius 3 is 2.41 bits per heavy atom. The lowest BCUT2D eigenvalue weighted by Gasteiger charge is -2.09. The summed E-state index contributed by atoms with van der Waals surface area (Å²) in [6.07, 6.45) is 1.11. The maximum absolute atomic E-state index is 11.1. The minimum Gasteiger partial charge on any atom is -0.478 e. The molecule has 0 heterocycles. The van der Waals surface area contributed by atoms with Crippen molar-refractivity contribution in [3.63, 3.8) is 0 Å². The highest BCUT2D eigenvalue weighted by atomic mass is 35.5. The lowest BCUT2D eigenvalue weighted by atomic mass is 9.98. The lowest BCUT2D eigenvalue weighted by Crippen LogP contribution is -1.96. The average molecular weight is 317 g/mol. The largest absolute Gasteiger partial charge is 0.478 e. The number of hydrogen-bond acceptors (Lipinski definition) is 2. The molecular weight excluding hydrogens is 304 g/mol. The maximum Gasteiger partial charge on any atom is 0.335 e. The summed E-state index contributed by atoms with van der Waals surface area (Å²) in [5, 5.41) is 18.3. The van der Waals surface area contributed by atoms with Gasteiger partial charge in [0.05, 0.1) is 5.56 Å². The molecule has 2 aromatic carbocycles. The van der Waals surface area contributed by atoms with Gasteiger partial charge in [0.25, 0.3) is 0 Å². The summed E-state index contributed by atoms with van der Waals surface area (Å²) in [5.41, 5.74) is 2.77. The molecule has 5 heteroatoms. The van der Waals surface area contributed by atoms with E-state index in [0.29, 0.717) is 27.3 Å². The van der Waals surface area contributed by atoms with Crippen LogP contribution >= 0.6 is 11.6 Å². The van der Waals surface area contributed by atoms with Crippen molar-refractivity contribution in [2.24, 2.45) is 0 Å². The molecule has 22 heavy (non-hydrogen) atoms. The molecule has 0 bridgehead atoms. The van der Waals surface area contributed by atoms with Crippen LogP contribution in [-0.4, -0.2) is 22.2 Å². The number of hydrogen-bond donors (Lipinski definition) is 2. The number of carboxylic acid groups (broad SMARTS) is 2. The van der Waals surface area contributed by atoms with Crippen LogP contribution in [0.1, 0.15) is 22.8 Å². The smallest absolute Gasteiger partial charge is 0.335 e. The van der Waals surface area contributed by atoms with E-state index in [2.05, 4.69) is 0 Å². The highest BCUT2D eigenvalue weighted by molar-refractivity contribution is 6.33. The second-order valence-corrected chi connectivity index (χ2v) is 5.15. The molecule has 0 aliphatic rings. The third-order valence-corrected chi connectivity index (χ3v) is 3.51. The summed E-state index contributed by atoms with van der Waals surface area (Å²) in [6.45, 7) is 1.69. The first-order valence-electron chi connectivity index (χ1n) is 6.43. The predicted octanol–water partition coefficient (Wildman–Crippen LogP) is 4.19. The van der Waals surface area contributed by atoms with Gasteiger partial charge in [0.2, 0.25) is 0 Å². The first-order valence-corrected chi connectivity index (χ1v) is 6.81. The molecule has 0 aliphatic carbocycles. The fraction of sp³-hybridized carbons (Fsp3) is 0.0588. The first-order chi connectivity index (χ1) is 10.4. The number of aromatic carboxylic acids is 1. The van der Waals surface area contributed by atoms with E-state index in [1.165, 1.54) is 12.1 Å². The normalized spacial score (nSPS) is 11.3. The van der Waals surface area contributed by atoms with Gasteiger partial charge in [-0.3, -0.25) is 0 Å². The van der Waals surface area contributed by atoms with Gasteiger partial charge in [0.1, 0.15) is 0 Å². The second-order valence-electron chi connectivity index (χ2n) is 4.75. The van der Waals surface area contributed by atoms with Gasteiger partial charge in [-0.2, -0.15) is 0 Å². The quantitative estimate of drug-likeness (QED) is 0.829. The van der Waals surface area contributed by atoms with Crippen LogP contribution in [0.3, 0.4) is 0 Å². The molecule has 0 amide bonds. The Morgan fingerprint density at radius 1 is 1.05 bits per heavy atom. The van der Waals surface area contributed by atoms with Crippen molar-refractivity contribution >= 4 is 29.1 Å². The van der Waals surface area contributed by atoms with Crippen LogP contribution in [0.5, 0.6) is 0 Å². The molecule has 4 nitrogen and oxygen atoms in total. The Hall–Kier alpha value is -2.59. The Bertz CT molecular complexity index is 778.